The largest absolute Gasteiger partial charge is 0.497 e. The average Bonchev–Trinajstić information content (AvgIpc) is 2.96. The number of hydrogen-bond donors (Lipinski definition) is 1. The van der Waals surface area contributed by atoms with E-state index in [4.69, 9.17) is 27.9 Å². The zero-order chi connectivity index (χ0) is 17.1. The normalized spacial score (nSPS) is 10.8. The summed E-state index contributed by atoms with van der Waals surface area (Å²) in [7, 11) is 1.63. The van der Waals surface area contributed by atoms with Crippen LogP contribution in [0.3, 0.4) is 0 Å². The first kappa shape index (κ1) is 16.7. The SMILES string of the molecule is COc1ccc2c(ccn2CC(=O)NCc2ccc(Cl)cc2Cl)c1. The van der Waals surface area contributed by atoms with Crippen LogP contribution in [0.4, 0.5) is 0 Å². The molecule has 1 aromatic heterocycles. The van der Waals surface area contributed by atoms with E-state index in [2.05, 4.69) is 5.32 Å². The van der Waals surface area contributed by atoms with E-state index >= 15 is 0 Å². The summed E-state index contributed by atoms with van der Waals surface area (Å²) in [5.41, 5.74) is 1.81. The smallest absolute Gasteiger partial charge is 0.240 e. The van der Waals surface area contributed by atoms with E-state index in [0.29, 0.717) is 16.6 Å². The van der Waals surface area contributed by atoms with Crippen LogP contribution in [0.5, 0.6) is 5.75 Å². The maximum Gasteiger partial charge on any atom is 0.240 e. The average molecular weight is 363 g/mol. The van der Waals surface area contributed by atoms with E-state index in [-0.39, 0.29) is 12.5 Å². The zero-order valence-corrected chi connectivity index (χ0v) is 14.6. The van der Waals surface area contributed by atoms with Crippen molar-refractivity contribution in [1.82, 2.24) is 9.88 Å². The van der Waals surface area contributed by atoms with Gasteiger partial charge in [0.25, 0.3) is 0 Å². The fraction of sp³-hybridized carbons (Fsp3) is 0.167. The Hall–Kier alpha value is -2.17. The highest BCUT2D eigenvalue weighted by Gasteiger charge is 2.08. The van der Waals surface area contributed by atoms with Gasteiger partial charge in [-0.3, -0.25) is 4.79 Å². The Bertz CT molecular complexity index is 890. The Morgan fingerprint density at radius 1 is 1.17 bits per heavy atom. The van der Waals surface area contributed by atoms with E-state index in [9.17, 15) is 4.79 Å². The second-order valence-electron chi connectivity index (χ2n) is 5.38. The lowest BCUT2D eigenvalue weighted by molar-refractivity contribution is -0.121. The predicted octanol–water partition coefficient (Wildman–Crippen LogP) is 4.27. The third kappa shape index (κ3) is 3.66. The summed E-state index contributed by atoms with van der Waals surface area (Å²) in [6.07, 6.45) is 1.89. The molecule has 124 valence electrons. The van der Waals surface area contributed by atoms with Crippen LogP contribution in [0.2, 0.25) is 10.0 Å². The third-order valence-electron chi connectivity index (χ3n) is 3.78. The monoisotopic (exact) mass is 362 g/mol. The number of ether oxygens (including phenoxy) is 1. The van der Waals surface area contributed by atoms with Crippen LogP contribution in [0, 0.1) is 0 Å². The molecule has 0 atom stereocenters. The number of nitrogens with one attached hydrogen (secondary N) is 1. The number of fused-ring (bicyclic) bond motifs is 1. The summed E-state index contributed by atoms with van der Waals surface area (Å²) in [6.45, 7) is 0.600. The molecule has 0 fully saturated rings. The molecule has 1 N–H and O–H groups in total. The van der Waals surface area contributed by atoms with Crippen LogP contribution in [-0.2, 0) is 17.9 Å². The van der Waals surface area contributed by atoms with Gasteiger partial charge in [0.1, 0.15) is 12.3 Å². The van der Waals surface area contributed by atoms with Gasteiger partial charge < -0.3 is 14.6 Å². The Kier molecular flexibility index (Phi) is 4.97. The molecule has 3 aromatic rings. The quantitative estimate of drug-likeness (QED) is 0.736. The maximum absolute atomic E-state index is 12.2. The highest BCUT2D eigenvalue weighted by atomic mass is 35.5. The van der Waals surface area contributed by atoms with Crippen molar-refractivity contribution in [3.8, 4) is 5.75 Å². The number of nitrogens with zero attached hydrogens (tertiary/aromatic N) is 1. The third-order valence-corrected chi connectivity index (χ3v) is 4.37. The fourth-order valence-electron chi connectivity index (χ4n) is 2.51. The Morgan fingerprint density at radius 2 is 2.00 bits per heavy atom. The van der Waals surface area contributed by atoms with Gasteiger partial charge in [-0.2, -0.15) is 0 Å². The van der Waals surface area contributed by atoms with Crippen molar-refractivity contribution < 1.29 is 9.53 Å². The summed E-state index contributed by atoms with van der Waals surface area (Å²) in [5.74, 6) is 0.705. The molecule has 24 heavy (non-hydrogen) atoms. The van der Waals surface area contributed by atoms with Gasteiger partial charge in [0.15, 0.2) is 0 Å². The fourth-order valence-corrected chi connectivity index (χ4v) is 2.99. The number of hydrogen-bond acceptors (Lipinski definition) is 2. The second-order valence-corrected chi connectivity index (χ2v) is 6.22. The molecule has 4 nitrogen and oxygen atoms in total. The van der Waals surface area contributed by atoms with Crippen molar-refractivity contribution in [2.45, 2.75) is 13.1 Å². The van der Waals surface area contributed by atoms with Crippen LogP contribution in [0.1, 0.15) is 5.56 Å². The van der Waals surface area contributed by atoms with Crippen molar-refractivity contribution in [2.75, 3.05) is 7.11 Å². The molecule has 0 bridgehead atoms. The summed E-state index contributed by atoms with van der Waals surface area (Å²) in [4.78, 5) is 12.2. The van der Waals surface area contributed by atoms with Gasteiger partial charge in [-0.25, -0.2) is 0 Å². The Morgan fingerprint density at radius 3 is 2.75 bits per heavy atom. The van der Waals surface area contributed by atoms with E-state index < -0.39 is 0 Å². The number of amides is 1. The highest BCUT2D eigenvalue weighted by molar-refractivity contribution is 6.35. The second kappa shape index (κ2) is 7.16. The van der Waals surface area contributed by atoms with Gasteiger partial charge in [-0.05, 0) is 42.0 Å². The number of benzene rings is 2. The lowest BCUT2D eigenvalue weighted by atomic mass is 10.2. The minimum Gasteiger partial charge on any atom is -0.497 e. The van der Waals surface area contributed by atoms with E-state index in [0.717, 1.165) is 22.2 Å². The van der Waals surface area contributed by atoms with Crippen LogP contribution >= 0.6 is 23.2 Å². The van der Waals surface area contributed by atoms with Crippen molar-refractivity contribution in [1.29, 1.82) is 0 Å². The first-order valence-electron chi connectivity index (χ1n) is 7.40. The number of methoxy groups -OCH3 is 1. The molecule has 0 radical (unpaired) electrons. The van der Waals surface area contributed by atoms with E-state index in [1.165, 1.54) is 0 Å². The van der Waals surface area contributed by atoms with E-state index in [1.54, 1.807) is 19.2 Å². The molecule has 2 aromatic carbocycles. The van der Waals surface area contributed by atoms with Crippen molar-refractivity contribution >= 4 is 40.0 Å². The molecule has 0 saturated carbocycles. The Labute approximate surface area is 149 Å². The summed E-state index contributed by atoms with van der Waals surface area (Å²) in [5, 5.41) is 5.02. The molecule has 0 aliphatic carbocycles. The van der Waals surface area contributed by atoms with Crippen LogP contribution in [0.25, 0.3) is 10.9 Å². The van der Waals surface area contributed by atoms with Crippen LogP contribution in [-0.4, -0.2) is 17.6 Å². The Balaban J connectivity index is 1.66. The number of halogens is 2. The van der Waals surface area contributed by atoms with E-state index in [1.807, 2.05) is 41.1 Å². The molecule has 1 heterocycles. The van der Waals surface area contributed by atoms with Gasteiger partial charge in [0.05, 0.1) is 7.11 Å². The minimum absolute atomic E-state index is 0.0886. The molecule has 0 aliphatic heterocycles. The van der Waals surface area contributed by atoms with Gasteiger partial charge in [0, 0.05) is 33.7 Å². The lowest BCUT2D eigenvalue weighted by Gasteiger charge is -2.09. The van der Waals surface area contributed by atoms with Gasteiger partial charge in [0.2, 0.25) is 5.91 Å². The topological polar surface area (TPSA) is 43.3 Å². The molecule has 3 rings (SSSR count). The standard InChI is InChI=1S/C18H16Cl2N2O2/c1-24-15-4-5-17-12(8-15)6-7-22(17)11-18(23)21-10-13-2-3-14(19)9-16(13)20/h2-9H,10-11H2,1H3,(H,21,23). The molecule has 0 spiro atoms. The van der Waals surface area contributed by atoms with Crippen LogP contribution in [0.15, 0.2) is 48.7 Å². The summed E-state index contributed by atoms with van der Waals surface area (Å²) >= 11 is 12.0. The maximum atomic E-state index is 12.2. The van der Waals surface area contributed by atoms with Gasteiger partial charge in [-0.1, -0.05) is 29.3 Å². The minimum atomic E-state index is -0.0886. The predicted molar refractivity (Wildman–Crippen MR) is 96.8 cm³/mol. The van der Waals surface area contributed by atoms with Crippen molar-refractivity contribution in [2.24, 2.45) is 0 Å². The first-order valence-corrected chi connectivity index (χ1v) is 8.16. The molecular weight excluding hydrogens is 347 g/mol. The number of carbonyl (C=O) groups excluding carboxylic acids is 1. The lowest BCUT2D eigenvalue weighted by Crippen LogP contribution is -2.26. The first-order chi connectivity index (χ1) is 11.6. The molecule has 0 saturated heterocycles. The zero-order valence-electron chi connectivity index (χ0n) is 13.1. The molecule has 6 heteroatoms. The number of rotatable bonds is 5. The van der Waals surface area contributed by atoms with Gasteiger partial charge >= 0.3 is 0 Å². The van der Waals surface area contributed by atoms with Crippen molar-refractivity contribution in [3.05, 3.63) is 64.3 Å². The molecule has 0 aliphatic rings. The summed E-state index contributed by atoms with van der Waals surface area (Å²) in [6, 6.07) is 12.9. The number of carbonyl (C=O) groups is 1. The molecule has 0 unspecified atom stereocenters. The molecular formula is C18H16Cl2N2O2. The highest BCUT2D eigenvalue weighted by Crippen LogP contribution is 2.22. The van der Waals surface area contributed by atoms with Gasteiger partial charge in [-0.15, -0.1) is 0 Å². The van der Waals surface area contributed by atoms with Crippen molar-refractivity contribution in [3.63, 3.8) is 0 Å². The molecule has 1 amide bonds. The van der Waals surface area contributed by atoms with Crippen LogP contribution < -0.4 is 10.1 Å². The number of aromatic nitrogens is 1. The summed E-state index contributed by atoms with van der Waals surface area (Å²) < 4.78 is 7.11.